The maximum absolute atomic E-state index is 11.6. The Balaban J connectivity index is 3.06. The largest absolute Gasteiger partial charge is 0.506 e. The summed E-state index contributed by atoms with van der Waals surface area (Å²) in [5.41, 5.74) is 5.36. The number of benzene rings is 1. The van der Waals surface area contributed by atoms with Gasteiger partial charge in [-0.15, -0.1) is 0 Å². The number of aromatic hydroxyl groups is 1. The summed E-state index contributed by atoms with van der Waals surface area (Å²) in [5, 5.41) is 9.59. The maximum atomic E-state index is 11.6. The van der Waals surface area contributed by atoms with Crippen LogP contribution in [-0.2, 0) is 9.59 Å². The van der Waals surface area contributed by atoms with E-state index in [0.717, 1.165) is 0 Å². The first-order chi connectivity index (χ1) is 7.56. The minimum Gasteiger partial charge on any atom is -0.506 e. The van der Waals surface area contributed by atoms with Crippen molar-refractivity contribution in [1.29, 1.82) is 0 Å². The maximum Gasteiger partial charge on any atom is 0.237 e. The third-order valence-corrected chi connectivity index (χ3v) is 2.09. The molecule has 0 fully saturated rings. The van der Waals surface area contributed by atoms with Crippen molar-refractivity contribution in [2.24, 2.45) is 5.73 Å². The normalized spacial score (nSPS) is 9.81. The molecule has 0 spiro atoms. The van der Waals surface area contributed by atoms with Gasteiger partial charge < -0.3 is 10.8 Å². The predicted octanol–water partition coefficient (Wildman–Crippen LogP) is 0.620. The Kier molecular flexibility index (Phi) is 3.88. The zero-order valence-corrected chi connectivity index (χ0v) is 9.01. The van der Waals surface area contributed by atoms with E-state index in [1.165, 1.54) is 11.0 Å². The Morgan fingerprint density at radius 3 is 2.50 bits per heavy atom. The SMILES string of the molecule is CCC(=O)N(CC(N)=O)c1ccccc1O. The first-order valence-electron chi connectivity index (χ1n) is 4.93. The zero-order chi connectivity index (χ0) is 12.1. The van der Waals surface area contributed by atoms with Crippen LogP contribution >= 0.6 is 0 Å². The van der Waals surface area contributed by atoms with E-state index < -0.39 is 5.91 Å². The molecule has 0 bridgehead atoms. The average Bonchev–Trinajstić information content (AvgIpc) is 2.26. The van der Waals surface area contributed by atoms with E-state index in [1.54, 1.807) is 25.1 Å². The summed E-state index contributed by atoms with van der Waals surface area (Å²) in [4.78, 5) is 23.6. The molecule has 0 atom stereocenters. The van der Waals surface area contributed by atoms with E-state index in [0.29, 0.717) is 5.69 Å². The first kappa shape index (κ1) is 12.0. The molecule has 0 saturated heterocycles. The van der Waals surface area contributed by atoms with Gasteiger partial charge in [-0.1, -0.05) is 19.1 Å². The Morgan fingerprint density at radius 2 is 2.00 bits per heavy atom. The summed E-state index contributed by atoms with van der Waals surface area (Å²) in [5.74, 6) is -0.934. The lowest BCUT2D eigenvalue weighted by Crippen LogP contribution is -2.38. The van der Waals surface area contributed by atoms with Gasteiger partial charge in [-0.3, -0.25) is 14.5 Å². The van der Waals surface area contributed by atoms with Crippen LogP contribution in [0.1, 0.15) is 13.3 Å². The summed E-state index contributed by atoms with van der Waals surface area (Å²) < 4.78 is 0. The second-order valence-electron chi connectivity index (χ2n) is 3.29. The highest BCUT2D eigenvalue weighted by molar-refractivity contribution is 5.99. The lowest BCUT2D eigenvalue weighted by molar-refractivity contribution is -0.122. The minimum atomic E-state index is -0.620. The molecular formula is C11H14N2O3. The molecule has 86 valence electrons. The number of para-hydroxylation sites is 2. The molecule has 0 radical (unpaired) electrons. The Morgan fingerprint density at radius 1 is 1.38 bits per heavy atom. The van der Waals surface area contributed by atoms with E-state index >= 15 is 0 Å². The highest BCUT2D eigenvalue weighted by atomic mass is 16.3. The van der Waals surface area contributed by atoms with E-state index in [1.807, 2.05) is 0 Å². The molecule has 0 saturated carbocycles. The summed E-state index contributed by atoms with van der Waals surface area (Å²) in [6.45, 7) is 1.45. The third-order valence-electron chi connectivity index (χ3n) is 2.09. The number of nitrogens with two attached hydrogens (primary N) is 1. The number of carbonyl (C=O) groups excluding carboxylic acids is 2. The highest BCUT2D eigenvalue weighted by Crippen LogP contribution is 2.26. The minimum absolute atomic E-state index is 0.0504. The summed E-state index contributed by atoms with van der Waals surface area (Å²) >= 11 is 0. The molecular weight excluding hydrogens is 208 g/mol. The standard InChI is InChI=1S/C11H14N2O3/c1-2-11(16)13(7-10(12)15)8-5-3-4-6-9(8)14/h3-6,14H,2,7H2,1H3,(H2,12,15). The summed E-state index contributed by atoms with van der Waals surface area (Å²) in [6, 6.07) is 6.32. The number of phenolic OH excluding ortho intramolecular Hbond substituents is 1. The van der Waals surface area contributed by atoms with Crippen LogP contribution in [0.2, 0.25) is 0 Å². The van der Waals surface area contributed by atoms with Gasteiger partial charge in [-0.25, -0.2) is 0 Å². The number of amides is 2. The average molecular weight is 222 g/mol. The fourth-order valence-electron chi connectivity index (χ4n) is 1.35. The molecule has 0 unspecified atom stereocenters. The van der Waals surface area contributed by atoms with E-state index in [4.69, 9.17) is 5.73 Å². The van der Waals surface area contributed by atoms with E-state index in [2.05, 4.69) is 0 Å². The quantitative estimate of drug-likeness (QED) is 0.783. The van der Waals surface area contributed by atoms with Crippen molar-refractivity contribution < 1.29 is 14.7 Å². The van der Waals surface area contributed by atoms with Gasteiger partial charge in [0.2, 0.25) is 11.8 Å². The number of hydrogen-bond acceptors (Lipinski definition) is 3. The van der Waals surface area contributed by atoms with E-state index in [-0.39, 0.29) is 24.6 Å². The molecule has 0 heterocycles. The van der Waals surface area contributed by atoms with Crippen LogP contribution in [0.25, 0.3) is 0 Å². The van der Waals surface area contributed by atoms with E-state index in [9.17, 15) is 14.7 Å². The van der Waals surface area contributed by atoms with Crippen molar-refractivity contribution in [3.63, 3.8) is 0 Å². The van der Waals surface area contributed by atoms with Crippen molar-refractivity contribution in [2.75, 3.05) is 11.4 Å². The number of primary amides is 1. The predicted molar refractivity (Wildman–Crippen MR) is 59.9 cm³/mol. The highest BCUT2D eigenvalue weighted by Gasteiger charge is 2.18. The number of carbonyl (C=O) groups is 2. The molecule has 0 aliphatic carbocycles. The van der Waals surface area contributed by atoms with Gasteiger partial charge in [0, 0.05) is 6.42 Å². The third kappa shape index (κ3) is 2.73. The van der Waals surface area contributed by atoms with Crippen LogP contribution < -0.4 is 10.6 Å². The van der Waals surface area contributed by atoms with Gasteiger partial charge in [0.25, 0.3) is 0 Å². The van der Waals surface area contributed by atoms with Gasteiger partial charge in [0.15, 0.2) is 0 Å². The second kappa shape index (κ2) is 5.16. The molecule has 1 aromatic rings. The molecule has 0 aliphatic heterocycles. The number of hydrogen-bond donors (Lipinski definition) is 2. The number of nitrogens with zero attached hydrogens (tertiary/aromatic N) is 1. The Bertz CT molecular complexity index is 404. The zero-order valence-electron chi connectivity index (χ0n) is 9.01. The topological polar surface area (TPSA) is 83.6 Å². The Labute approximate surface area is 93.5 Å². The van der Waals surface area contributed by atoms with Gasteiger partial charge in [0.1, 0.15) is 12.3 Å². The van der Waals surface area contributed by atoms with Gasteiger partial charge in [-0.2, -0.15) is 0 Å². The van der Waals surface area contributed by atoms with Crippen LogP contribution in [-0.4, -0.2) is 23.5 Å². The molecule has 1 rings (SSSR count). The van der Waals surface area contributed by atoms with Crippen molar-refractivity contribution in [1.82, 2.24) is 0 Å². The van der Waals surface area contributed by atoms with Gasteiger partial charge in [-0.05, 0) is 12.1 Å². The molecule has 16 heavy (non-hydrogen) atoms. The fraction of sp³-hybridized carbons (Fsp3) is 0.273. The van der Waals surface area contributed by atoms with Crippen LogP contribution in [0.3, 0.4) is 0 Å². The molecule has 2 amide bonds. The van der Waals surface area contributed by atoms with Crippen molar-refractivity contribution >= 4 is 17.5 Å². The fourth-order valence-corrected chi connectivity index (χ4v) is 1.35. The second-order valence-corrected chi connectivity index (χ2v) is 3.29. The van der Waals surface area contributed by atoms with Crippen molar-refractivity contribution in [3.8, 4) is 5.75 Å². The first-order valence-corrected chi connectivity index (χ1v) is 4.93. The number of rotatable bonds is 4. The molecule has 1 aromatic carbocycles. The molecule has 5 nitrogen and oxygen atoms in total. The number of phenols is 1. The molecule has 3 N–H and O–H groups in total. The lowest BCUT2D eigenvalue weighted by Gasteiger charge is -2.21. The molecule has 5 heteroatoms. The molecule has 0 aromatic heterocycles. The van der Waals surface area contributed by atoms with Crippen LogP contribution in [0.15, 0.2) is 24.3 Å². The number of anilines is 1. The smallest absolute Gasteiger partial charge is 0.237 e. The van der Waals surface area contributed by atoms with Crippen molar-refractivity contribution in [3.05, 3.63) is 24.3 Å². The summed E-state index contributed by atoms with van der Waals surface area (Å²) in [7, 11) is 0. The Hall–Kier alpha value is -2.04. The van der Waals surface area contributed by atoms with Gasteiger partial charge >= 0.3 is 0 Å². The van der Waals surface area contributed by atoms with Crippen LogP contribution in [0.5, 0.6) is 5.75 Å². The van der Waals surface area contributed by atoms with Crippen LogP contribution in [0, 0.1) is 0 Å². The van der Waals surface area contributed by atoms with Crippen molar-refractivity contribution in [2.45, 2.75) is 13.3 Å². The monoisotopic (exact) mass is 222 g/mol. The molecule has 0 aliphatic rings. The van der Waals surface area contributed by atoms with Gasteiger partial charge in [0.05, 0.1) is 5.69 Å². The van der Waals surface area contributed by atoms with Crippen LogP contribution in [0.4, 0.5) is 5.69 Å². The summed E-state index contributed by atoms with van der Waals surface area (Å²) in [6.07, 6.45) is 0.238. The lowest BCUT2D eigenvalue weighted by atomic mass is 10.2.